The maximum Gasteiger partial charge on any atom is 0.243 e. The van der Waals surface area contributed by atoms with E-state index in [4.69, 9.17) is 11.6 Å². The number of fused-ring (bicyclic) bond motifs is 1. The van der Waals surface area contributed by atoms with Crippen molar-refractivity contribution >= 4 is 23.3 Å². The van der Waals surface area contributed by atoms with Crippen LogP contribution in [-0.4, -0.2) is 16.8 Å². The van der Waals surface area contributed by atoms with E-state index in [2.05, 4.69) is 4.98 Å². The van der Waals surface area contributed by atoms with Crippen LogP contribution in [0, 0.1) is 23.3 Å². The third-order valence-corrected chi connectivity index (χ3v) is 4.35. The van der Waals surface area contributed by atoms with Crippen molar-refractivity contribution in [3.8, 4) is 0 Å². The maximum atomic E-state index is 13.9. The molecular formula is C17H13ClF4N2O. The third-order valence-electron chi connectivity index (χ3n) is 4.12. The van der Waals surface area contributed by atoms with Gasteiger partial charge in [-0.3, -0.25) is 9.69 Å². The highest BCUT2D eigenvalue weighted by Gasteiger charge is 2.25. The van der Waals surface area contributed by atoms with Crippen LogP contribution >= 0.6 is 11.6 Å². The van der Waals surface area contributed by atoms with Gasteiger partial charge in [0.25, 0.3) is 0 Å². The van der Waals surface area contributed by atoms with Gasteiger partial charge in [0, 0.05) is 17.3 Å². The quantitative estimate of drug-likeness (QED) is 0.463. The summed E-state index contributed by atoms with van der Waals surface area (Å²) in [6.45, 7) is -0.719. The highest BCUT2D eigenvalue weighted by molar-refractivity contribution is 6.29. The number of pyridine rings is 1. The third kappa shape index (κ3) is 3.33. The van der Waals surface area contributed by atoms with Crippen LogP contribution in [0.25, 0.3) is 0 Å². The number of aromatic nitrogens is 1. The molecule has 8 heteroatoms. The molecule has 0 aliphatic heterocycles. The predicted octanol–water partition coefficient (Wildman–Crippen LogP) is 3.90. The Balaban J connectivity index is 2.03. The lowest BCUT2D eigenvalue weighted by atomic mass is 10.1. The van der Waals surface area contributed by atoms with Crippen LogP contribution < -0.4 is 4.90 Å². The summed E-state index contributed by atoms with van der Waals surface area (Å²) in [6.07, 6.45) is 2.52. The number of aryl methyl sites for hydroxylation is 2. The molecule has 25 heavy (non-hydrogen) atoms. The molecule has 2 aromatic rings. The summed E-state index contributed by atoms with van der Waals surface area (Å²) >= 11 is 5.57. The van der Waals surface area contributed by atoms with Crippen LogP contribution in [0.5, 0.6) is 0 Å². The summed E-state index contributed by atoms with van der Waals surface area (Å²) in [5, 5.41) is 0. The van der Waals surface area contributed by atoms with Crippen molar-refractivity contribution in [3.05, 3.63) is 58.3 Å². The number of carbonyl (C=O) groups is 1. The molecule has 3 nitrogen and oxygen atoms in total. The van der Waals surface area contributed by atoms with Gasteiger partial charge in [-0.1, -0.05) is 6.07 Å². The van der Waals surface area contributed by atoms with Gasteiger partial charge >= 0.3 is 0 Å². The van der Waals surface area contributed by atoms with E-state index in [-0.39, 0.29) is 11.9 Å². The fraction of sp³-hybridized carbons (Fsp3) is 0.294. The van der Waals surface area contributed by atoms with E-state index in [1.54, 1.807) is 6.07 Å². The Morgan fingerprint density at radius 1 is 1.12 bits per heavy atom. The van der Waals surface area contributed by atoms with Gasteiger partial charge in [-0.05, 0) is 30.9 Å². The molecule has 0 N–H and O–H groups in total. The molecule has 1 aliphatic rings. The lowest BCUT2D eigenvalue weighted by Gasteiger charge is -2.22. The maximum absolute atomic E-state index is 13.9. The highest BCUT2D eigenvalue weighted by Crippen LogP contribution is 2.27. The smallest absolute Gasteiger partial charge is 0.243 e. The van der Waals surface area contributed by atoms with Gasteiger partial charge in [-0.15, -0.1) is 11.6 Å². The first kappa shape index (κ1) is 17.7. The fourth-order valence-electron chi connectivity index (χ4n) is 2.85. The van der Waals surface area contributed by atoms with Crippen molar-refractivity contribution in [2.75, 3.05) is 10.8 Å². The van der Waals surface area contributed by atoms with Crippen molar-refractivity contribution < 1.29 is 22.4 Å². The summed E-state index contributed by atoms with van der Waals surface area (Å²) in [4.78, 5) is 17.4. The zero-order chi connectivity index (χ0) is 18.1. The standard InChI is InChI=1S/C17H13ClF4N2O/c18-7-15(25)24(14-5-4-9-2-1-3-13(9)23-14)8-10-16(21)11(19)6-12(20)17(10)22/h4-6H,1-3,7-8H2. The molecule has 3 rings (SSSR count). The van der Waals surface area contributed by atoms with Crippen molar-refractivity contribution in [2.45, 2.75) is 25.8 Å². The lowest BCUT2D eigenvalue weighted by Crippen LogP contribution is -2.33. The van der Waals surface area contributed by atoms with Crippen LogP contribution in [0.3, 0.4) is 0 Å². The minimum absolute atomic E-state index is 0.121. The summed E-state index contributed by atoms with van der Waals surface area (Å²) in [5.74, 6) is -7.19. The monoisotopic (exact) mass is 372 g/mol. The molecule has 1 heterocycles. The molecule has 1 aliphatic carbocycles. The Morgan fingerprint density at radius 2 is 1.80 bits per heavy atom. The van der Waals surface area contributed by atoms with E-state index in [9.17, 15) is 22.4 Å². The van der Waals surface area contributed by atoms with Crippen LogP contribution in [0.2, 0.25) is 0 Å². The fourth-order valence-corrected chi connectivity index (χ4v) is 2.99. The topological polar surface area (TPSA) is 33.2 Å². The van der Waals surface area contributed by atoms with Crippen LogP contribution in [0.15, 0.2) is 18.2 Å². The van der Waals surface area contributed by atoms with Crippen LogP contribution in [-0.2, 0) is 24.2 Å². The summed E-state index contributed by atoms with van der Waals surface area (Å²) in [5.41, 5.74) is 0.936. The van der Waals surface area contributed by atoms with Crippen molar-refractivity contribution in [3.63, 3.8) is 0 Å². The molecule has 1 aromatic carbocycles. The van der Waals surface area contributed by atoms with Gasteiger partial charge in [0.1, 0.15) is 11.7 Å². The number of carbonyl (C=O) groups excluding carboxylic acids is 1. The van der Waals surface area contributed by atoms with Gasteiger partial charge < -0.3 is 0 Å². The van der Waals surface area contributed by atoms with Gasteiger partial charge in [0.15, 0.2) is 23.3 Å². The molecule has 0 radical (unpaired) electrons. The van der Waals surface area contributed by atoms with E-state index in [0.29, 0.717) is 0 Å². The van der Waals surface area contributed by atoms with Gasteiger partial charge in [0.2, 0.25) is 5.91 Å². The number of halogens is 5. The van der Waals surface area contributed by atoms with E-state index in [0.717, 1.165) is 35.4 Å². The molecule has 1 amide bonds. The molecule has 0 bridgehead atoms. The number of rotatable bonds is 4. The van der Waals surface area contributed by atoms with Crippen molar-refractivity contribution in [1.29, 1.82) is 0 Å². The second-order valence-corrected chi connectivity index (χ2v) is 5.96. The molecule has 0 unspecified atom stereocenters. The first-order valence-corrected chi connectivity index (χ1v) is 8.12. The van der Waals surface area contributed by atoms with Crippen molar-refractivity contribution in [1.82, 2.24) is 4.98 Å². The molecule has 1 aromatic heterocycles. The normalized spacial score (nSPS) is 13.0. The van der Waals surface area contributed by atoms with Gasteiger partial charge in [0.05, 0.1) is 6.54 Å². The van der Waals surface area contributed by atoms with Crippen LogP contribution in [0.1, 0.15) is 23.2 Å². The number of benzene rings is 1. The minimum atomic E-state index is -1.55. The van der Waals surface area contributed by atoms with Gasteiger partial charge in [-0.25, -0.2) is 22.5 Å². The van der Waals surface area contributed by atoms with Gasteiger partial charge in [-0.2, -0.15) is 0 Å². The van der Waals surface area contributed by atoms with E-state index in [1.165, 1.54) is 6.07 Å². The average molecular weight is 373 g/mol. The molecule has 0 fully saturated rings. The average Bonchev–Trinajstić information content (AvgIpc) is 3.07. The molecule has 132 valence electrons. The minimum Gasteiger partial charge on any atom is -0.291 e. The Hall–Kier alpha value is -2.15. The number of hydrogen-bond donors (Lipinski definition) is 0. The van der Waals surface area contributed by atoms with E-state index in [1.807, 2.05) is 0 Å². The second kappa shape index (κ2) is 7.00. The molecule has 0 saturated heterocycles. The number of amides is 1. The molecule has 0 saturated carbocycles. The Bertz CT molecular complexity index is 818. The number of anilines is 1. The largest absolute Gasteiger partial charge is 0.291 e. The van der Waals surface area contributed by atoms with E-state index >= 15 is 0 Å². The molecule has 0 atom stereocenters. The zero-order valence-corrected chi connectivity index (χ0v) is 13.7. The Labute approximate surface area is 146 Å². The zero-order valence-electron chi connectivity index (χ0n) is 13.0. The summed E-state index contributed by atoms with van der Waals surface area (Å²) in [6, 6.07) is 3.42. The Kier molecular flexibility index (Phi) is 4.94. The van der Waals surface area contributed by atoms with Crippen molar-refractivity contribution in [2.24, 2.45) is 0 Å². The lowest BCUT2D eigenvalue weighted by molar-refractivity contribution is -0.116. The number of hydrogen-bond acceptors (Lipinski definition) is 2. The number of nitrogens with zero attached hydrogens (tertiary/aromatic N) is 2. The molecule has 0 spiro atoms. The molecular weight excluding hydrogens is 360 g/mol. The predicted molar refractivity (Wildman–Crippen MR) is 84.4 cm³/mol. The SMILES string of the molecule is O=C(CCl)N(Cc1c(F)c(F)cc(F)c1F)c1ccc2c(n1)CCC2. The highest BCUT2D eigenvalue weighted by atomic mass is 35.5. The summed E-state index contributed by atoms with van der Waals surface area (Å²) < 4.78 is 54.7. The summed E-state index contributed by atoms with van der Waals surface area (Å²) in [7, 11) is 0. The van der Waals surface area contributed by atoms with E-state index < -0.39 is 47.2 Å². The second-order valence-electron chi connectivity index (χ2n) is 5.69. The van der Waals surface area contributed by atoms with Crippen LogP contribution in [0.4, 0.5) is 23.4 Å². The number of alkyl halides is 1. The Morgan fingerprint density at radius 3 is 2.44 bits per heavy atom. The first-order chi connectivity index (χ1) is 11.9. The first-order valence-electron chi connectivity index (χ1n) is 7.59.